The smallest absolute Gasteiger partial charge is 0.351 e. The van der Waals surface area contributed by atoms with E-state index in [-0.39, 0.29) is 12.3 Å². The monoisotopic (exact) mass is 435 g/mol. The van der Waals surface area contributed by atoms with Crippen molar-refractivity contribution in [1.82, 2.24) is 14.3 Å². The first-order chi connectivity index (χ1) is 12.5. The molecule has 1 heterocycles. The minimum absolute atomic E-state index is 0.221. The summed E-state index contributed by atoms with van der Waals surface area (Å²) < 4.78 is 8.88. The molecule has 134 valence electrons. The third-order valence-corrected chi connectivity index (χ3v) is 4.89. The summed E-state index contributed by atoms with van der Waals surface area (Å²) in [5.74, 6) is -0.185. The van der Waals surface area contributed by atoms with E-state index >= 15 is 0 Å². The van der Waals surface area contributed by atoms with Gasteiger partial charge in [-0.3, -0.25) is 0 Å². The molecule has 3 rings (SSSR count). The summed E-state index contributed by atoms with van der Waals surface area (Å²) in [5, 5.41) is 12.7. The van der Waals surface area contributed by atoms with Crippen LogP contribution < -0.4 is 10.4 Å². The molecule has 0 radical (unpaired) electrons. The van der Waals surface area contributed by atoms with Crippen LogP contribution in [0.4, 0.5) is 0 Å². The zero-order valence-corrected chi connectivity index (χ0v) is 15.8. The molecule has 1 N–H and O–H groups in total. The van der Waals surface area contributed by atoms with E-state index < -0.39 is 5.97 Å². The van der Waals surface area contributed by atoms with Gasteiger partial charge in [0.25, 0.3) is 0 Å². The third-order valence-electron chi connectivity index (χ3n) is 3.38. The Morgan fingerprint density at radius 1 is 1.15 bits per heavy atom. The predicted molar refractivity (Wildman–Crippen MR) is 101 cm³/mol. The molecule has 0 unspecified atom stereocenters. The quantitative estimate of drug-likeness (QED) is 0.574. The van der Waals surface area contributed by atoms with Crippen LogP contribution >= 0.6 is 27.7 Å². The standard InChI is InChI=1S/C17H14BrN3O4S/c18-12-1-3-13(4-2-12)20-10-19-21(17(20)24)11-26-15-7-5-14(6-8-15)25-9-16(22)23/h1-8,10H,9,11H2,(H,22,23). The molecule has 1 aromatic heterocycles. The summed E-state index contributed by atoms with van der Waals surface area (Å²) in [6.45, 7) is -0.380. The van der Waals surface area contributed by atoms with Crippen molar-refractivity contribution in [2.24, 2.45) is 0 Å². The van der Waals surface area contributed by atoms with E-state index in [2.05, 4.69) is 21.0 Å². The van der Waals surface area contributed by atoms with Crippen LogP contribution in [0, 0.1) is 0 Å². The fourth-order valence-electron chi connectivity index (χ4n) is 2.12. The molecule has 0 fully saturated rings. The number of thioether (sulfide) groups is 1. The molecule has 0 atom stereocenters. The van der Waals surface area contributed by atoms with Crippen molar-refractivity contribution in [3.63, 3.8) is 0 Å². The number of aromatic nitrogens is 3. The molecule has 0 spiro atoms. The van der Waals surface area contributed by atoms with Crippen LogP contribution in [0.2, 0.25) is 0 Å². The van der Waals surface area contributed by atoms with Gasteiger partial charge >= 0.3 is 11.7 Å². The zero-order valence-electron chi connectivity index (χ0n) is 13.4. The molecule has 0 saturated carbocycles. The molecule has 2 aromatic carbocycles. The Balaban J connectivity index is 1.64. The van der Waals surface area contributed by atoms with Crippen molar-refractivity contribution in [3.05, 3.63) is 69.8 Å². The molecule has 7 nitrogen and oxygen atoms in total. The van der Waals surface area contributed by atoms with Crippen LogP contribution in [0.3, 0.4) is 0 Å². The Kier molecular flexibility index (Phi) is 5.79. The van der Waals surface area contributed by atoms with Gasteiger partial charge in [-0.2, -0.15) is 5.10 Å². The minimum Gasteiger partial charge on any atom is -0.482 e. The minimum atomic E-state index is -1.02. The van der Waals surface area contributed by atoms with Crippen molar-refractivity contribution < 1.29 is 14.6 Å². The van der Waals surface area contributed by atoms with Gasteiger partial charge in [-0.05, 0) is 48.5 Å². The second-order valence-electron chi connectivity index (χ2n) is 5.19. The van der Waals surface area contributed by atoms with Gasteiger partial charge in [-0.15, -0.1) is 11.8 Å². The van der Waals surface area contributed by atoms with Crippen LogP contribution in [0.25, 0.3) is 5.69 Å². The number of rotatable bonds is 7. The van der Waals surface area contributed by atoms with E-state index in [9.17, 15) is 9.59 Å². The van der Waals surface area contributed by atoms with Crippen LogP contribution in [0.5, 0.6) is 5.75 Å². The first-order valence-corrected chi connectivity index (χ1v) is 9.28. The summed E-state index contributed by atoms with van der Waals surface area (Å²) in [7, 11) is 0. The Bertz CT molecular complexity index is 951. The molecule has 26 heavy (non-hydrogen) atoms. The second-order valence-corrected chi connectivity index (χ2v) is 7.12. The highest BCUT2D eigenvalue weighted by Gasteiger charge is 2.07. The van der Waals surface area contributed by atoms with Gasteiger partial charge < -0.3 is 9.84 Å². The van der Waals surface area contributed by atoms with Gasteiger partial charge in [0.1, 0.15) is 12.1 Å². The molecular weight excluding hydrogens is 422 g/mol. The number of hydrogen-bond donors (Lipinski definition) is 1. The summed E-state index contributed by atoms with van der Waals surface area (Å²) in [6, 6.07) is 14.4. The molecule has 0 bridgehead atoms. The van der Waals surface area contributed by atoms with Crippen LogP contribution in [0.1, 0.15) is 0 Å². The Hall–Kier alpha value is -2.52. The van der Waals surface area contributed by atoms with Crippen molar-refractivity contribution >= 4 is 33.7 Å². The summed E-state index contributed by atoms with van der Waals surface area (Å²) in [4.78, 5) is 23.8. The van der Waals surface area contributed by atoms with Gasteiger partial charge in [0, 0.05) is 9.37 Å². The largest absolute Gasteiger partial charge is 0.482 e. The highest BCUT2D eigenvalue weighted by atomic mass is 79.9. The molecule has 0 saturated heterocycles. The van der Waals surface area contributed by atoms with E-state index in [0.29, 0.717) is 11.6 Å². The van der Waals surface area contributed by atoms with E-state index in [1.165, 1.54) is 27.3 Å². The number of nitrogens with zero attached hydrogens (tertiary/aromatic N) is 3. The van der Waals surface area contributed by atoms with Gasteiger partial charge in [0.05, 0.1) is 11.6 Å². The van der Waals surface area contributed by atoms with Crippen molar-refractivity contribution in [1.29, 1.82) is 0 Å². The second kappa shape index (κ2) is 8.24. The molecule has 0 aliphatic rings. The zero-order chi connectivity index (χ0) is 18.5. The molecule has 9 heteroatoms. The summed E-state index contributed by atoms with van der Waals surface area (Å²) >= 11 is 4.80. The Morgan fingerprint density at radius 2 is 1.85 bits per heavy atom. The van der Waals surface area contributed by atoms with Crippen molar-refractivity contribution in [3.8, 4) is 11.4 Å². The number of carboxylic acids is 1. The van der Waals surface area contributed by atoms with Crippen LogP contribution in [0.15, 0.2) is 69.0 Å². The first-order valence-electron chi connectivity index (χ1n) is 7.51. The van der Waals surface area contributed by atoms with Gasteiger partial charge in [-0.25, -0.2) is 18.8 Å². The van der Waals surface area contributed by atoms with Crippen molar-refractivity contribution in [2.45, 2.75) is 10.8 Å². The van der Waals surface area contributed by atoms with Gasteiger partial charge in [-0.1, -0.05) is 15.9 Å². The normalized spacial score (nSPS) is 10.7. The third kappa shape index (κ3) is 4.55. The summed E-state index contributed by atoms with van der Waals surface area (Å²) in [5.41, 5.74) is 0.524. The van der Waals surface area contributed by atoms with Gasteiger partial charge in [0.15, 0.2) is 6.61 Å². The van der Waals surface area contributed by atoms with Crippen LogP contribution in [-0.4, -0.2) is 32.0 Å². The lowest BCUT2D eigenvalue weighted by molar-refractivity contribution is -0.139. The number of hydrogen-bond acceptors (Lipinski definition) is 5. The lowest BCUT2D eigenvalue weighted by atomic mass is 10.3. The SMILES string of the molecule is O=C(O)COc1ccc(SCn2ncn(-c3ccc(Br)cc3)c2=O)cc1. The van der Waals surface area contributed by atoms with E-state index in [1.54, 1.807) is 24.3 Å². The molecule has 0 aliphatic heterocycles. The number of ether oxygens (including phenoxy) is 1. The topological polar surface area (TPSA) is 86.3 Å². The van der Waals surface area contributed by atoms with Gasteiger partial charge in [0.2, 0.25) is 0 Å². The maximum Gasteiger partial charge on any atom is 0.351 e. The Morgan fingerprint density at radius 3 is 2.50 bits per heavy atom. The number of carbonyl (C=O) groups is 1. The maximum absolute atomic E-state index is 12.4. The molecule has 3 aromatic rings. The fraction of sp³-hybridized carbons (Fsp3) is 0.118. The van der Waals surface area contributed by atoms with Crippen LogP contribution in [-0.2, 0) is 10.7 Å². The number of halogens is 1. The predicted octanol–water partition coefficient (Wildman–Crippen LogP) is 3.01. The van der Waals surface area contributed by atoms with E-state index in [1.807, 2.05) is 24.3 Å². The highest BCUT2D eigenvalue weighted by Crippen LogP contribution is 2.22. The first kappa shape index (κ1) is 18.3. The maximum atomic E-state index is 12.4. The Labute approximate surface area is 161 Å². The fourth-order valence-corrected chi connectivity index (χ4v) is 3.16. The number of aliphatic carboxylic acids is 1. The average Bonchev–Trinajstić information content (AvgIpc) is 3.00. The average molecular weight is 436 g/mol. The van der Waals surface area contributed by atoms with E-state index in [0.717, 1.165) is 15.1 Å². The van der Waals surface area contributed by atoms with Crippen molar-refractivity contribution in [2.75, 3.05) is 6.61 Å². The molecular formula is C17H14BrN3O4S. The molecule has 0 amide bonds. The molecule has 0 aliphatic carbocycles. The summed E-state index contributed by atoms with van der Waals surface area (Å²) in [6.07, 6.45) is 1.50. The lowest BCUT2D eigenvalue weighted by Crippen LogP contribution is -2.23. The highest BCUT2D eigenvalue weighted by molar-refractivity contribution is 9.10. The number of carboxylic acid groups (broad SMARTS) is 1. The number of benzene rings is 2. The van der Waals surface area contributed by atoms with E-state index in [4.69, 9.17) is 9.84 Å². The lowest BCUT2D eigenvalue weighted by Gasteiger charge is -2.05.